The zero-order chi connectivity index (χ0) is 32.9. The number of ether oxygens (including phenoxy) is 1. The molecule has 3 atom stereocenters. The van der Waals surface area contributed by atoms with Crippen LogP contribution in [0.1, 0.15) is 53.9 Å². The highest BCUT2D eigenvalue weighted by Crippen LogP contribution is 2.50. The highest BCUT2D eigenvalue weighted by Gasteiger charge is 2.71. The minimum Gasteiger partial charge on any atom is -0.485 e. The lowest BCUT2D eigenvalue weighted by Gasteiger charge is -2.42. The quantitative estimate of drug-likeness (QED) is 0.196. The Hall–Kier alpha value is -3.59. The molecule has 1 aliphatic rings. The number of carbonyl (C=O) groups is 1. The van der Waals surface area contributed by atoms with Crippen LogP contribution in [0.2, 0.25) is 0 Å². The number of aryl methyl sites for hydroxylation is 1. The SMILES string of the molecule is C=S(=O)(NC1c2cc(C(=O)Nc3cccc(C(O)(C(F)(F)F)C(F)(F)F)c3)ccc2OC(C)(C)C1O)c1ccc(CC)cc1. The first-order chi connectivity index (χ1) is 20.2. The van der Waals surface area contributed by atoms with Crippen molar-refractivity contribution in [3.05, 3.63) is 89.0 Å². The van der Waals surface area contributed by atoms with Gasteiger partial charge >= 0.3 is 12.4 Å². The van der Waals surface area contributed by atoms with Gasteiger partial charge in [0.2, 0.25) is 0 Å². The zero-order valence-corrected chi connectivity index (χ0v) is 24.5. The molecule has 0 bridgehead atoms. The third-order valence-electron chi connectivity index (χ3n) is 7.40. The van der Waals surface area contributed by atoms with E-state index in [0.717, 1.165) is 24.1 Å². The van der Waals surface area contributed by atoms with Crippen LogP contribution in [0.3, 0.4) is 0 Å². The molecule has 4 rings (SSSR count). The maximum Gasteiger partial charge on any atom is 0.430 e. The predicted octanol–water partition coefficient (Wildman–Crippen LogP) is 5.67. The monoisotopic (exact) mass is 644 g/mol. The molecule has 0 fully saturated rings. The van der Waals surface area contributed by atoms with Crippen molar-refractivity contribution >= 4 is 27.2 Å². The van der Waals surface area contributed by atoms with Gasteiger partial charge in [-0.05, 0) is 74.2 Å². The maximum absolute atomic E-state index is 13.7. The summed E-state index contributed by atoms with van der Waals surface area (Å²) in [6, 6.07) is 12.5. The Morgan fingerprint density at radius 2 is 1.61 bits per heavy atom. The normalized spacial score (nSPS) is 19.8. The van der Waals surface area contributed by atoms with E-state index in [9.17, 15) is 45.6 Å². The second-order valence-electron chi connectivity index (χ2n) is 10.9. The van der Waals surface area contributed by atoms with E-state index in [1.807, 2.05) is 6.92 Å². The molecular formula is C30H30F6N2O5S. The Kier molecular flexibility index (Phi) is 8.63. The van der Waals surface area contributed by atoms with Crippen molar-refractivity contribution in [2.45, 2.75) is 67.8 Å². The second-order valence-corrected chi connectivity index (χ2v) is 13.0. The van der Waals surface area contributed by atoms with Gasteiger partial charge in [-0.1, -0.05) is 31.2 Å². The van der Waals surface area contributed by atoms with Crippen molar-refractivity contribution in [3.63, 3.8) is 0 Å². The number of fused-ring (bicyclic) bond motifs is 1. The predicted molar refractivity (Wildman–Crippen MR) is 153 cm³/mol. The molecule has 1 amide bonds. The fraction of sp³-hybridized carbons (Fsp3) is 0.333. The first kappa shape index (κ1) is 33.3. The van der Waals surface area contributed by atoms with Crippen molar-refractivity contribution in [2.24, 2.45) is 0 Å². The van der Waals surface area contributed by atoms with Gasteiger partial charge in [0.15, 0.2) is 0 Å². The summed E-state index contributed by atoms with van der Waals surface area (Å²) in [4.78, 5) is 13.5. The van der Waals surface area contributed by atoms with Gasteiger partial charge in [0, 0.05) is 27.3 Å². The molecule has 0 aromatic heterocycles. The second kappa shape index (κ2) is 11.4. The average molecular weight is 645 g/mol. The molecule has 0 spiro atoms. The van der Waals surface area contributed by atoms with Gasteiger partial charge in [0.25, 0.3) is 11.5 Å². The standard InChI is InChI=1S/C30H30F6N2O5S/c1-5-17-9-12-21(13-10-17)44(4,42)38-24-22-15-18(11-14-23(22)43-27(2,3)25(24)39)26(40)37-20-8-6-7-19(16-20)28(41,29(31,32)33)30(34,35)36/h6-16,24-25,39,41H,4-5H2,1-3H3,(H,37,40)(H,38,42). The van der Waals surface area contributed by atoms with Crippen LogP contribution in [0.4, 0.5) is 32.0 Å². The lowest BCUT2D eigenvalue weighted by Crippen LogP contribution is -2.53. The highest BCUT2D eigenvalue weighted by atomic mass is 32.2. The Morgan fingerprint density at radius 3 is 2.18 bits per heavy atom. The molecule has 44 heavy (non-hydrogen) atoms. The summed E-state index contributed by atoms with van der Waals surface area (Å²) in [6.07, 6.45) is -12.8. The van der Waals surface area contributed by atoms with Gasteiger partial charge in [0.1, 0.15) is 17.5 Å². The van der Waals surface area contributed by atoms with E-state index in [1.54, 1.807) is 38.1 Å². The number of rotatable bonds is 7. The Labute approximate surface area is 250 Å². The fourth-order valence-electron chi connectivity index (χ4n) is 4.80. The largest absolute Gasteiger partial charge is 0.485 e. The lowest BCUT2D eigenvalue weighted by atomic mass is 9.86. The van der Waals surface area contributed by atoms with E-state index in [-0.39, 0.29) is 16.9 Å². The number of aliphatic hydroxyl groups excluding tert-OH is 1. The molecule has 14 heteroatoms. The number of halogens is 6. The van der Waals surface area contributed by atoms with E-state index in [1.165, 1.54) is 18.2 Å². The molecule has 3 aromatic rings. The van der Waals surface area contributed by atoms with Gasteiger partial charge < -0.3 is 20.3 Å². The summed E-state index contributed by atoms with van der Waals surface area (Å²) in [5.74, 6) is 3.12. The minimum absolute atomic E-state index is 0.110. The van der Waals surface area contributed by atoms with E-state index >= 15 is 0 Å². The summed E-state index contributed by atoms with van der Waals surface area (Å²) in [6.45, 7) is 5.17. The molecule has 238 valence electrons. The van der Waals surface area contributed by atoms with E-state index < -0.39 is 62.6 Å². The summed E-state index contributed by atoms with van der Waals surface area (Å²) in [5.41, 5.74) is -7.25. The van der Waals surface area contributed by atoms with Crippen molar-refractivity contribution in [3.8, 4) is 5.75 Å². The van der Waals surface area contributed by atoms with Crippen molar-refractivity contribution in [1.29, 1.82) is 0 Å². The number of nitrogens with one attached hydrogen (secondary N) is 2. The highest BCUT2D eigenvalue weighted by molar-refractivity contribution is 7.98. The molecule has 3 unspecified atom stereocenters. The molecule has 3 aromatic carbocycles. The molecule has 1 aliphatic heterocycles. The van der Waals surface area contributed by atoms with Gasteiger partial charge in [-0.2, -0.15) is 26.3 Å². The Bertz CT molecular complexity index is 1640. The van der Waals surface area contributed by atoms with Crippen LogP contribution in [0.5, 0.6) is 5.75 Å². The van der Waals surface area contributed by atoms with Crippen molar-refractivity contribution in [2.75, 3.05) is 5.32 Å². The van der Waals surface area contributed by atoms with Crippen LogP contribution >= 0.6 is 0 Å². The van der Waals surface area contributed by atoms with E-state index in [0.29, 0.717) is 17.0 Å². The molecule has 0 saturated heterocycles. The topological polar surface area (TPSA) is 108 Å². The average Bonchev–Trinajstić information content (AvgIpc) is 2.93. The number of benzene rings is 3. The van der Waals surface area contributed by atoms with Crippen LogP contribution in [-0.2, 0) is 21.7 Å². The van der Waals surface area contributed by atoms with Gasteiger partial charge in [0.05, 0.1) is 15.7 Å². The molecule has 1 heterocycles. The van der Waals surface area contributed by atoms with Crippen LogP contribution in [-0.4, -0.2) is 50.3 Å². The number of carbonyl (C=O) groups excluding carboxylic acids is 1. The first-order valence-electron chi connectivity index (χ1n) is 13.2. The Morgan fingerprint density at radius 1 is 1.00 bits per heavy atom. The number of amides is 1. The number of hydrogen-bond acceptors (Lipinski definition) is 5. The van der Waals surface area contributed by atoms with Crippen molar-refractivity contribution < 1.29 is 50.3 Å². The summed E-state index contributed by atoms with van der Waals surface area (Å²) in [5, 5.41) is 23.1. The van der Waals surface area contributed by atoms with Gasteiger partial charge in [-0.15, -0.1) is 0 Å². The summed E-state index contributed by atoms with van der Waals surface area (Å²) >= 11 is 0. The van der Waals surface area contributed by atoms with Crippen LogP contribution < -0.4 is 14.8 Å². The smallest absolute Gasteiger partial charge is 0.430 e. The maximum atomic E-state index is 13.7. The molecule has 4 N–H and O–H groups in total. The minimum atomic E-state index is -6.10. The lowest BCUT2D eigenvalue weighted by molar-refractivity contribution is -0.376. The number of alkyl halides is 6. The van der Waals surface area contributed by atoms with Gasteiger partial charge in [-0.3, -0.25) is 4.79 Å². The van der Waals surface area contributed by atoms with Crippen molar-refractivity contribution in [1.82, 2.24) is 4.72 Å². The summed E-state index contributed by atoms with van der Waals surface area (Å²) < 4.78 is 103. The first-order valence-corrected chi connectivity index (χ1v) is 15.0. The molecule has 7 nitrogen and oxygen atoms in total. The fourth-order valence-corrected chi connectivity index (χ4v) is 6.18. The third-order valence-corrected chi connectivity index (χ3v) is 9.06. The molecule has 0 aliphatic carbocycles. The molecular weight excluding hydrogens is 614 g/mol. The van der Waals surface area contributed by atoms with E-state index in [2.05, 4.69) is 15.9 Å². The molecule has 0 saturated carbocycles. The summed E-state index contributed by atoms with van der Waals surface area (Å²) in [7, 11) is -3.21. The number of hydrogen-bond donors (Lipinski definition) is 4. The molecule has 0 radical (unpaired) electrons. The van der Waals surface area contributed by atoms with Gasteiger partial charge in [-0.25, -0.2) is 8.93 Å². The Balaban J connectivity index is 1.67. The number of anilines is 1. The number of aliphatic hydroxyl groups is 2. The van der Waals surface area contributed by atoms with E-state index in [4.69, 9.17) is 4.74 Å². The third kappa shape index (κ3) is 6.16. The van der Waals surface area contributed by atoms with Crippen LogP contribution in [0.25, 0.3) is 0 Å². The van der Waals surface area contributed by atoms with Crippen LogP contribution in [0, 0.1) is 0 Å². The zero-order valence-electron chi connectivity index (χ0n) is 23.7. The van der Waals surface area contributed by atoms with Crippen LogP contribution in [0.15, 0.2) is 71.6 Å².